The molecule has 0 aliphatic carbocycles. The maximum absolute atomic E-state index is 13.7. The first kappa shape index (κ1) is 15.7. The molecule has 22 heavy (non-hydrogen) atoms. The molecule has 0 aliphatic rings. The Labute approximate surface area is 121 Å². The van der Waals surface area contributed by atoms with Crippen molar-refractivity contribution in [2.45, 2.75) is 6.18 Å². The number of anilines is 1. The second-order valence-electron chi connectivity index (χ2n) is 4.18. The predicted molar refractivity (Wildman–Crippen MR) is 68.2 cm³/mol. The van der Waals surface area contributed by atoms with Crippen molar-refractivity contribution >= 4 is 11.7 Å². The Morgan fingerprint density at radius 2 is 2.00 bits per heavy atom. The minimum Gasteiger partial charge on any atom is -0.464 e. The number of rotatable bonds is 2. The molecule has 0 spiro atoms. The van der Waals surface area contributed by atoms with Gasteiger partial charge in [0.15, 0.2) is 11.5 Å². The van der Waals surface area contributed by atoms with Crippen LogP contribution in [0, 0.1) is 5.82 Å². The number of ether oxygens (including phenoxy) is 1. The number of carbonyl (C=O) groups excluding carboxylic acids is 1. The lowest BCUT2D eigenvalue weighted by molar-refractivity contribution is -0.141. The zero-order valence-corrected chi connectivity index (χ0v) is 11.1. The molecule has 0 aliphatic heterocycles. The summed E-state index contributed by atoms with van der Waals surface area (Å²) in [6, 6.07) is 2.93. The Hall–Kier alpha value is -2.71. The number of esters is 1. The summed E-state index contributed by atoms with van der Waals surface area (Å²) in [4.78, 5) is 18.4. The first-order chi connectivity index (χ1) is 10.2. The number of nitrogens with two attached hydrogens (primary N) is 1. The minimum absolute atomic E-state index is 0.000486. The van der Waals surface area contributed by atoms with Gasteiger partial charge in [0.1, 0.15) is 5.69 Å². The highest BCUT2D eigenvalue weighted by atomic mass is 19.4. The molecule has 116 valence electrons. The Bertz CT molecular complexity index is 714. The predicted octanol–water partition coefficient (Wildman–Crippen LogP) is 2.67. The third kappa shape index (κ3) is 2.97. The number of carbonyl (C=O) groups is 1. The molecule has 2 heterocycles. The average Bonchev–Trinajstić information content (AvgIpc) is 2.48. The summed E-state index contributed by atoms with van der Waals surface area (Å²) in [5.41, 5.74) is 3.45. The van der Waals surface area contributed by atoms with Gasteiger partial charge < -0.3 is 10.5 Å². The third-order valence-corrected chi connectivity index (χ3v) is 2.71. The van der Waals surface area contributed by atoms with E-state index < -0.39 is 29.4 Å². The normalized spacial score (nSPS) is 11.3. The number of halogens is 4. The van der Waals surface area contributed by atoms with E-state index in [1.54, 1.807) is 0 Å². The van der Waals surface area contributed by atoms with Crippen molar-refractivity contribution in [1.82, 2.24) is 9.97 Å². The van der Waals surface area contributed by atoms with Crippen LogP contribution >= 0.6 is 0 Å². The summed E-state index contributed by atoms with van der Waals surface area (Å²) in [6.45, 7) is 0. The lowest BCUT2D eigenvalue weighted by atomic mass is 10.1. The van der Waals surface area contributed by atoms with Crippen LogP contribution in [0.15, 0.2) is 24.4 Å². The lowest BCUT2D eigenvalue weighted by Crippen LogP contribution is -2.11. The summed E-state index contributed by atoms with van der Waals surface area (Å²) in [5.74, 6) is -2.11. The molecule has 5 nitrogen and oxygen atoms in total. The van der Waals surface area contributed by atoms with Crippen LogP contribution in [0.25, 0.3) is 11.3 Å². The van der Waals surface area contributed by atoms with Gasteiger partial charge in [-0.25, -0.2) is 14.2 Å². The summed E-state index contributed by atoms with van der Waals surface area (Å²) in [7, 11) is 1.03. The van der Waals surface area contributed by atoms with E-state index >= 15 is 0 Å². The van der Waals surface area contributed by atoms with Crippen LogP contribution in [0.4, 0.5) is 23.2 Å². The number of aromatic nitrogens is 2. The van der Waals surface area contributed by atoms with Gasteiger partial charge in [0.25, 0.3) is 0 Å². The Morgan fingerprint density at radius 1 is 1.32 bits per heavy atom. The zero-order chi connectivity index (χ0) is 16.5. The monoisotopic (exact) mass is 315 g/mol. The number of hydrogen-bond donors (Lipinski definition) is 1. The van der Waals surface area contributed by atoms with Gasteiger partial charge in [-0.1, -0.05) is 0 Å². The van der Waals surface area contributed by atoms with Gasteiger partial charge in [-0.05, 0) is 18.2 Å². The Kier molecular flexibility index (Phi) is 3.98. The molecule has 0 bridgehead atoms. The molecule has 0 saturated carbocycles. The highest BCUT2D eigenvalue weighted by Gasteiger charge is 2.32. The molecular weight excluding hydrogens is 306 g/mol. The fourth-order valence-corrected chi connectivity index (χ4v) is 1.64. The quantitative estimate of drug-likeness (QED) is 0.681. The van der Waals surface area contributed by atoms with Gasteiger partial charge in [0.05, 0.1) is 18.5 Å². The largest absolute Gasteiger partial charge is 0.464 e. The molecule has 0 unspecified atom stereocenters. The van der Waals surface area contributed by atoms with Crippen molar-refractivity contribution < 1.29 is 27.1 Å². The van der Waals surface area contributed by atoms with Crippen molar-refractivity contribution in [2.75, 3.05) is 12.8 Å². The number of pyridine rings is 2. The fourth-order valence-electron chi connectivity index (χ4n) is 1.64. The molecule has 0 fully saturated rings. The van der Waals surface area contributed by atoms with Gasteiger partial charge in [-0.2, -0.15) is 13.2 Å². The van der Waals surface area contributed by atoms with Crippen LogP contribution in [0.3, 0.4) is 0 Å². The van der Waals surface area contributed by atoms with Crippen LogP contribution in [0.1, 0.15) is 16.2 Å². The van der Waals surface area contributed by atoms with E-state index in [-0.39, 0.29) is 16.9 Å². The lowest BCUT2D eigenvalue weighted by Gasteiger charge is -2.09. The van der Waals surface area contributed by atoms with E-state index in [2.05, 4.69) is 14.7 Å². The maximum atomic E-state index is 13.7. The molecule has 9 heteroatoms. The van der Waals surface area contributed by atoms with E-state index in [1.165, 1.54) is 0 Å². The van der Waals surface area contributed by atoms with Crippen LogP contribution in [-0.4, -0.2) is 23.0 Å². The van der Waals surface area contributed by atoms with Crippen LogP contribution < -0.4 is 5.73 Å². The zero-order valence-electron chi connectivity index (χ0n) is 11.1. The summed E-state index contributed by atoms with van der Waals surface area (Å²) >= 11 is 0. The molecule has 0 radical (unpaired) electrons. The van der Waals surface area contributed by atoms with Crippen molar-refractivity contribution in [2.24, 2.45) is 0 Å². The van der Waals surface area contributed by atoms with E-state index in [0.717, 1.165) is 31.5 Å². The van der Waals surface area contributed by atoms with Crippen LogP contribution in [0.5, 0.6) is 0 Å². The van der Waals surface area contributed by atoms with Gasteiger partial charge >= 0.3 is 12.1 Å². The maximum Gasteiger partial charge on any atom is 0.433 e. The topological polar surface area (TPSA) is 78.1 Å². The molecule has 0 amide bonds. The third-order valence-electron chi connectivity index (χ3n) is 2.71. The fraction of sp³-hybridized carbons (Fsp3) is 0.154. The van der Waals surface area contributed by atoms with E-state index in [0.29, 0.717) is 0 Å². The van der Waals surface area contributed by atoms with Gasteiger partial charge in [-0.15, -0.1) is 0 Å². The number of nitrogen functional groups attached to an aromatic ring is 1. The van der Waals surface area contributed by atoms with E-state index in [9.17, 15) is 22.4 Å². The first-order valence-electron chi connectivity index (χ1n) is 5.82. The second kappa shape index (κ2) is 5.58. The number of hydrogen-bond acceptors (Lipinski definition) is 5. The standard InChI is InChI=1S/C13H9F4N3O2/c1-22-12(21)11-10(14)7(18)4-8(20-11)6-2-3-9(19-5-6)13(15,16)17/h2-5H,1H3,(H2,18,20). The van der Waals surface area contributed by atoms with Crippen molar-refractivity contribution in [3.63, 3.8) is 0 Å². The molecule has 2 aromatic heterocycles. The van der Waals surface area contributed by atoms with Crippen LogP contribution in [-0.2, 0) is 10.9 Å². The van der Waals surface area contributed by atoms with E-state index in [1.807, 2.05) is 0 Å². The van der Waals surface area contributed by atoms with Gasteiger partial charge in [-0.3, -0.25) is 4.98 Å². The number of nitrogens with zero attached hydrogens (tertiary/aromatic N) is 2. The highest BCUT2D eigenvalue weighted by molar-refractivity contribution is 5.89. The highest BCUT2D eigenvalue weighted by Crippen LogP contribution is 2.29. The molecule has 2 N–H and O–H groups in total. The molecular formula is C13H9F4N3O2. The van der Waals surface area contributed by atoms with Gasteiger partial charge in [0, 0.05) is 11.8 Å². The smallest absolute Gasteiger partial charge is 0.433 e. The van der Waals surface area contributed by atoms with Crippen molar-refractivity contribution in [3.8, 4) is 11.3 Å². The number of alkyl halides is 3. The van der Waals surface area contributed by atoms with E-state index in [4.69, 9.17) is 5.73 Å². The summed E-state index contributed by atoms with van der Waals surface area (Å²) in [5, 5.41) is 0. The molecule has 0 aromatic carbocycles. The minimum atomic E-state index is -4.58. The summed E-state index contributed by atoms with van der Waals surface area (Å²) in [6.07, 6.45) is -3.67. The van der Waals surface area contributed by atoms with Crippen molar-refractivity contribution in [1.29, 1.82) is 0 Å². The molecule has 0 saturated heterocycles. The average molecular weight is 315 g/mol. The SMILES string of the molecule is COC(=O)c1nc(-c2ccc(C(F)(F)F)nc2)cc(N)c1F. The Morgan fingerprint density at radius 3 is 2.50 bits per heavy atom. The van der Waals surface area contributed by atoms with Gasteiger partial charge in [0.2, 0.25) is 0 Å². The molecule has 0 atom stereocenters. The van der Waals surface area contributed by atoms with Crippen LogP contribution in [0.2, 0.25) is 0 Å². The second-order valence-corrected chi connectivity index (χ2v) is 4.18. The molecule has 2 aromatic rings. The number of methoxy groups -OCH3 is 1. The molecule has 2 rings (SSSR count). The summed E-state index contributed by atoms with van der Waals surface area (Å²) < 4.78 is 55.4. The Balaban J connectivity index is 2.49. The first-order valence-corrected chi connectivity index (χ1v) is 5.82. The van der Waals surface area contributed by atoms with Crippen molar-refractivity contribution in [3.05, 3.63) is 41.6 Å².